The Hall–Kier alpha value is -2.13. The van der Waals surface area contributed by atoms with Crippen molar-refractivity contribution in [2.24, 2.45) is 0 Å². The number of likely N-dealkylation sites (tertiary alicyclic amines) is 1. The average Bonchev–Trinajstić information content (AvgIpc) is 2.64. The molecule has 0 aliphatic carbocycles. The standard InChI is InChI=1S/C22H26N2O/c1-17-15-22(25)24(21-10-6-5-9-20(17)21)19-11-13-23(14-12-19)16-18-7-3-2-4-8-18/h2-10,17,19H,11-16H2,1H3. The SMILES string of the molecule is CC1CC(=O)N(C2CCN(Cc3ccccc3)CC2)c2ccccc21. The molecule has 1 amide bonds. The van der Waals surface area contributed by atoms with Crippen molar-refractivity contribution in [2.45, 2.75) is 44.7 Å². The molecule has 1 fully saturated rings. The van der Waals surface area contributed by atoms with Gasteiger partial charge in [0.2, 0.25) is 5.91 Å². The van der Waals surface area contributed by atoms with Crippen LogP contribution >= 0.6 is 0 Å². The Bertz CT molecular complexity index is 735. The molecule has 2 aliphatic heterocycles. The fraction of sp³-hybridized carbons (Fsp3) is 0.409. The van der Waals surface area contributed by atoms with E-state index in [4.69, 9.17) is 0 Å². The molecule has 0 saturated carbocycles. The molecule has 25 heavy (non-hydrogen) atoms. The maximum Gasteiger partial charge on any atom is 0.227 e. The third-order valence-corrected chi connectivity index (χ3v) is 5.65. The third-order valence-electron chi connectivity index (χ3n) is 5.65. The summed E-state index contributed by atoms with van der Waals surface area (Å²) < 4.78 is 0. The van der Waals surface area contributed by atoms with Crippen molar-refractivity contribution in [3.8, 4) is 0 Å². The molecule has 0 aromatic heterocycles. The maximum absolute atomic E-state index is 12.8. The molecule has 2 aliphatic rings. The van der Waals surface area contributed by atoms with Crippen LogP contribution in [0.15, 0.2) is 54.6 Å². The van der Waals surface area contributed by atoms with Gasteiger partial charge in [0.05, 0.1) is 0 Å². The highest BCUT2D eigenvalue weighted by molar-refractivity contribution is 5.97. The van der Waals surface area contributed by atoms with Crippen LogP contribution in [0.4, 0.5) is 5.69 Å². The van der Waals surface area contributed by atoms with Crippen LogP contribution in [0.25, 0.3) is 0 Å². The van der Waals surface area contributed by atoms with Crippen LogP contribution in [0, 0.1) is 0 Å². The number of rotatable bonds is 3. The molecule has 0 radical (unpaired) electrons. The van der Waals surface area contributed by atoms with E-state index >= 15 is 0 Å². The van der Waals surface area contributed by atoms with Gasteiger partial charge in [-0.15, -0.1) is 0 Å². The van der Waals surface area contributed by atoms with Gasteiger partial charge < -0.3 is 4.90 Å². The van der Waals surface area contributed by atoms with E-state index in [0.29, 0.717) is 24.3 Å². The second-order valence-electron chi connectivity index (χ2n) is 7.42. The lowest BCUT2D eigenvalue weighted by molar-refractivity contribution is -0.120. The van der Waals surface area contributed by atoms with E-state index in [9.17, 15) is 4.79 Å². The summed E-state index contributed by atoms with van der Waals surface area (Å²) in [4.78, 5) is 17.4. The second kappa shape index (κ2) is 7.01. The summed E-state index contributed by atoms with van der Waals surface area (Å²) in [6, 6.07) is 19.5. The van der Waals surface area contributed by atoms with Crippen LogP contribution in [0.1, 0.15) is 43.2 Å². The zero-order chi connectivity index (χ0) is 17.2. The fourth-order valence-corrected chi connectivity index (χ4v) is 4.31. The van der Waals surface area contributed by atoms with Crippen molar-refractivity contribution in [2.75, 3.05) is 18.0 Å². The van der Waals surface area contributed by atoms with Crippen molar-refractivity contribution in [3.63, 3.8) is 0 Å². The lowest BCUT2D eigenvalue weighted by Gasteiger charge is -2.42. The number of hydrogen-bond acceptors (Lipinski definition) is 2. The number of carbonyl (C=O) groups is 1. The topological polar surface area (TPSA) is 23.6 Å². The van der Waals surface area contributed by atoms with E-state index in [1.54, 1.807) is 0 Å². The minimum atomic E-state index is 0.299. The van der Waals surface area contributed by atoms with E-state index < -0.39 is 0 Å². The number of piperidine rings is 1. The van der Waals surface area contributed by atoms with Crippen molar-refractivity contribution in [3.05, 3.63) is 65.7 Å². The molecule has 4 rings (SSSR count). The molecule has 1 unspecified atom stereocenters. The highest BCUT2D eigenvalue weighted by Gasteiger charge is 2.34. The summed E-state index contributed by atoms with van der Waals surface area (Å²) in [5, 5.41) is 0. The molecule has 0 spiro atoms. The molecule has 0 N–H and O–H groups in total. The molecule has 2 heterocycles. The first kappa shape index (κ1) is 16.3. The molecule has 0 bridgehead atoms. The number of benzene rings is 2. The Morgan fingerprint density at radius 3 is 2.40 bits per heavy atom. The van der Waals surface area contributed by atoms with E-state index in [2.05, 4.69) is 71.3 Å². The number of nitrogens with zero attached hydrogens (tertiary/aromatic N) is 2. The zero-order valence-corrected chi connectivity index (χ0v) is 14.9. The lowest BCUT2D eigenvalue weighted by atomic mass is 9.88. The van der Waals surface area contributed by atoms with Gasteiger partial charge in [0.15, 0.2) is 0 Å². The average molecular weight is 334 g/mol. The van der Waals surface area contributed by atoms with Gasteiger partial charge in [-0.3, -0.25) is 9.69 Å². The van der Waals surface area contributed by atoms with Crippen LogP contribution in [-0.4, -0.2) is 29.9 Å². The lowest BCUT2D eigenvalue weighted by Crippen LogP contribution is -2.49. The van der Waals surface area contributed by atoms with Crippen LogP contribution in [-0.2, 0) is 11.3 Å². The van der Waals surface area contributed by atoms with Gasteiger partial charge >= 0.3 is 0 Å². The van der Waals surface area contributed by atoms with Gasteiger partial charge in [-0.25, -0.2) is 0 Å². The molecule has 130 valence electrons. The van der Waals surface area contributed by atoms with Crippen LogP contribution in [0.2, 0.25) is 0 Å². The molecule has 1 atom stereocenters. The summed E-state index contributed by atoms with van der Waals surface area (Å²) in [7, 11) is 0. The van der Waals surface area contributed by atoms with Crippen molar-refractivity contribution in [1.29, 1.82) is 0 Å². The highest BCUT2D eigenvalue weighted by atomic mass is 16.2. The van der Waals surface area contributed by atoms with Crippen molar-refractivity contribution in [1.82, 2.24) is 4.90 Å². The van der Waals surface area contributed by atoms with Crippen LogP contribution in [0.3, 0.4) is 0 Å². The minimum absolute atomic E-state index is 0.299. The zero-order valence-electron chi connectivity index (χ0n) is 14.9. The summed E-state index contributed by atoms with van der Waals surface area (Å²) in [6.45, 7) is 5.29. The molecule has 3 nitrogen and oxygen atoms in total. The Morgan fingerprint density at radius 2 is 1.64 bits per heavy atom. The number of hydrogen-bond donors (Lipinski definition) is 0. The number of para-hydroxylation sites is 1. The summed E-state index contributed by atoms with van der Waals surface area (Å²) >= 11 is 0. The molecular formula is C22H26N2O. The van der Waals surface area contributed by atoms with Gasteiger partial charge in [-0.2, -0.15) is 0 Å². The van der Waals surface area contributed by atoms with Gasteiger partial charge in [-0.05, 0) is 36.0 Å². The largest absolute Gasteiger partial charge is 0.309 e. The first-order valence-electron chi connectivity index (χ1n) is 9.39. The summed E-state index contributed by atoms with van der Waals surface area (Å²) in [6.07, 6.45) is 2.75. The number of amides is 1. The number of fused-ring (bicyclic) bond motifs is 1. The Balaban J connectivity index is 1.45. The molecular weight excluding hydrogens is 308 g/mol. The summed E-state index contributed by atoms with van der Waals surface area (Å²) in [5.74, 6) is 0.630. The number of carbonyl (C=O) groups excluding carboxylic acids is 1. The quantitative estimate of drug-likeness (QED) is 0.840. The monoisotopic (exact) mass is 334 g/mol. The Morgan fingerprint density at radius 1 is 0.960 bits per heavy atom. The van der Waals surface area contributed by atoms with E-state index in [1.165, 1.54) is 11.1 Å². The van der Waals surface area contributed by atoms with E-state index in [-0.39, 0.29) is 0 Å². The normalized spacial score (nSPS) is 22.0. The van der Waals surface area contributed by atoms with Gasteiger partial charge in [0.25, 0.3) is 0 Å². The van der Waals surface area contributed by atoms with E-state index in [0.717, 1.165) is 38.2 Å². The van der Waals surface area contributed by atoms with Crippen LogP contribution in [0.5, 0.6) is 0 Å². The van der Waals surface area contributed by atoms with Crippen molar-refractivity contribution < 1.29 is 4.79 Å². The predicted molar refractivity (Wildman–Crippen MR) is 102 cm³/mol. The van der Waals surface area contributed by atoms with Gasteiger partial charge in [-0.1, -0.05) is 55.5 Å². The third kappa shape index (κ3) is 3.34. The van der Waals surface area contributed by atoms with Crippen LogP contribution < -0.4 is 4.90 Å². The predicted octanol–water partition coefficient (Wildman–Crippen LogP) is 4.19. The molecule has 2 aromatic rings. The Kier molecular flexibility index (Phi) is 4.58. The minimum Gasteiger partial charge on any atom is -0.309 e. The molecule has 1 saturated heterocycles. The van der Waals surface area contributed by atoms with Gasteiger partial charge in [0, 0.05) is 37.8 Å². The Labute approximate surface area is 150 Å². The molecule has 2 aromatic carbocycles. The smallest absolute Gasteiger partial charge is 0.227 e. The fourth-order valence-electron chi connectivity index (χ4n) is 4.31. The van der Waals surface area contributed by atoms with Gasteiger partial charge in [0.1, 0.15) is 0 Å². The maximum atomic E-state index is 12.8. The second-order valence-corrected chi connectivity index (χ2v) is 7.42. The summed E-state index contributed by atoms with van der Waals surface area (Å²) in [5.41, 5.74) is 3.84. The first-order chi connectivity index (χ1) is 12.2. The number of anilines is 1. The van der Waals surface area contributed by atoms with Crippen molar-refractivity contribution >= 4 is 11.6 Å². The first-order valence-corrected chi connectivity index (χ1v) is 9.39. The highest BCUT2D eigenvalue weighted by Crippen LogP contribution is 2.38. The molecule has 3 heteroatoms. The van der Waals surface area contributed by atoms with E-state index in [1.807, 2.05) is 0 Å².